The Morgan fingerprint density at radius 2 is 1.94 bits per heavy atom. The molecule has 0 amide bonds. The second-order valence-corrected chi connectivity index (χ2v) is 8.54. The van der Waals surface area contributed by atoms with Crippen LogP contribution in [0.2, 0.25) is 0 Å². The molecule has 32 heavy (non-hydrogen) atoms. The molecule has 0 aromatic heterocycles. The summed E-state index contributed by atoms with van der Waals surface area (Å²) in [5, 5.41) is 4.37. The maximum absolute atomic E-state index is 12.3. The van der Waals surface area contributed by atoms with E-state index in [4.69, 9.17) is 14.7 Å². The van der Waals surface area contributed by atoms with E-state index in [2.05, 4.69) is 31.4 Å². The topological polar surface area (TPSA) is 78.6 Å². The molecule has 2 aliphatic heterocycles. The number of halogens is 1. The van der Waals surface area contributed by atoms with Gasteiger partial charge in [-0.3, -0.25) is 10.4 Å². The third kappa shape index (κ3) is 5.31. The van der Waals surface area contributed by atoms with Gasteiger partial charge in [0.1, 0.15) is 11.5 Å². The fourth-order valence-corrected chi connectivity index (χ4v) is 4.41. The van der Waals surface area contributed by atoms with Crippen LogP contribution in [0.5, 0.6) is 0 Å². The number of esters is 1. The minimum absolute atomic E-state index is 0.315. The fourth-order valence-electron chi connectivity index (χ4n) is 3.87. The van der Waals surface area contributed by atoms with E-state index in [1.165, 1.54) is 20.0 Å². The number of benzene rings is 2. The molecule has 2 aromatic carbocycles. The maximum atomic E-state index is 12.3. The van der Waals surface area contributed by atoms with E-state index in [-0.39, 0.29) is 0 Å². The third-order valence-corrected chi connectivity index (χ3v) is 6.18. The summed E-state index contributed by atoms with van der Waals surface area (Å²) in [6.45, 7) is 3.23. The van der Waals surface area contributed by atoms with Crippen LogP contribution < -0.4 is 5.43 Å². The molecule has 0 atom stereocenters. The number of aliphatic imine (C=N–C) groups is 2. The predicted molar refractivity (Wildman–Crippen MR) is 131 cm³/mol. The SMILES string of the molecule is COC(=O)C(CCN1CCCC1)=NNC1=Nc2cccc(Br)c2C(c2ccccc2)=NC1. The van der Waals surface area contributed by atoms with Crippen molar-refractivity contribution in [3.05, 3.63) is 64.1 Å². The molecule has 4 rings (SSSR count). The van der Waals surface area contributed by atoms with Crippen molar-refractivity contribution in [3.63, 3.8) is 0 Å². The Morgan fingerprint density at radius 3 is 2.69 bits per heavy atom. The standard InChI is InChI=1S/C24H26BrN5O2/c1-32-24(31)20(12-15-30-13-5-6-14-30)28-29-21-16-26-23(17-8-3-2-4-9-17)22-18(25)10-7-11-19(22)27-21/h2-4,7-11H,5-6,12-16H2,1H3,(H,27,29). The van der Waals surface area contributed by atoms with Crippen LogP contribution in [0, 0.1) is 0 Å². The second kappa shape index (κ2) is 10.7. The van der Waals surface area contributed by atoms with E-state index in [0.29, 0.717) is 24.5 Å². The lowest BCUT2D eigenvalue weighted by atomic mass is 10.0. The van der Waals surface area contributed by atoms with Gasteiger partial charge < -0.3 is 9.64 Å². The van der Waals surface area contributed by atoms with E-state index in [0.717, 1.165) is 46.6 Å². The number of nitrogens with zero attached hydrogens (tertiary/aromatic N) is 4. The fraction of sp³-hybridized carbons (Fsp3) is 0.333. The van der Waals surface area contributed by atoms with E-state index < -0.39 is 5.97 Å². The molecule has 1 fully saturated rings. The van der Waals surface area contributed by atoms with Crippen LogP contribution in [0.4, 0.5) is 5.69 Å². The van der Waals surface area contributed by atoms with Gasteiger partial charge in [-0.15, -0.1) is 0 Å². The van der Waals surface area contributed by atoms with Gasteiger partial charge in [0.15, 0.2) is 0 Å². The zero-order valence-electron chi connectivity index (χ0n) is 18.1. The number of nitrogens with one attached hydrogen (secondary N) is 1. The van der Waals surface area contributed by atoms with Gasteiger partial charge >= 0.3 is 5.97 Å². The summed E-state index contributed by atoms with van der Waals surface area (Å²) in [7, 11) is 1.38. The van der Waals surface area contributed by atoms with Crippen LogP contribution in [0.15, 0.2) is 68.1 Å². The number of methoxy groups -OCH3 is 1. The summed E-state index contributed by atoms with van der Waals surface area (Å²) in [4.78, 5) is 24.2. The van der Waals surface area contributed by atoms with Crippen LogP contribution in [-0.2, 0) is 9.53 Å². The highest BCUT2D eigenvalue weighted by molar-refractivity contribution is 9.10. The van der Waals surface area contributed by atoms with Gasteiger partial charge in [-0.1, -0.05) is 52.3 Å². The smallest absolute Gasteiger partial charge is 0.354 e. The Hall–Kier alpha value is -2.84. The van der Waals surface area contributed by atoms with Crippen molar-refractivity contribution in [2.45, 2.75) is 19.3 Å². The molecule has 7 nitrogen and oxygen atoms in total. The molecule has 0 bridgehead atoms. The monoisotopic (exact) mass is 495 g/mol. The van der Waals surface area contributed by atoms with E-state index in [1.807, 2.05) is 48.5 Å². The number of ether oxygens (including phenoxy) is 1. The third-order valence-electron chi connectivity index (χ3n) is 5.52. The molecule has 2 aromatic rings. The molecule has 8 heteroatoms. The number of hydrogen-bond acceptors (Lipinski definition) is 7. The van der Waals surface area contributed by atoms with Gasteiger partial charge in [0.25, 0.3) is 0 Å². The Bertz CT molecular complexity index is 1060. The molecule has 1 saturated heterocycles. The number of amidine groups is 1. The van der Waals surface area contributed by atoms with Gasteiger partial charge in [-0.25, -0.2) is 9.79 Å². The second-order valence-electron chi connectivity index (χ2n) is 7.68. The lowest BCUT2D eigenvalue weighted by molar-refractivity contribution is -0.132. The average molecular weight is 496 g/mol. The molecule has 0 aliphatic carbocycles. The lowest BCUT2D eigenvalue weighted by Gasteiger charge is -2.14. The highest BCUT2D eigenvalue weighted by Gasteiger charge is 2.20. The number of hydrogen-bond donors (Lipinski definition) is 1. The number of rotatable bonds is 6. The summed E-state index contributed by atoms with van der Waals surface area (Å²) >= 11 is 3.65. The van der Waals surface area contributed by atoms with Gasteiger partial charge in [-0.2, -0.15) is 5.10 Å². The normalized spacial score (nSPS) is 16.6. The summed E-state index contributed by atoms with van der Waals surface area (Å²) in [5.74, 6) is 0.139. The van der Waals surface area contributed by atoms with Crippen LogP contribution in [0.3, 0.4) is 0 Å². The number of carbonyl (C=O) groups excluding carboxylic acids is 1. The zero-order valence-corrected chi connectivity index (χ0v) is 19.6. The minimum atomic E-state index is -0.428. The van der Waals surface area contributed by atoms with Gasteiger partial charge in [0, 0.05) is 28.6 Å². The largest absolute Gasteiger partial charge is 0.464 e. The Labute approximate surface area is 196 Å². The number of carbonyl (C=O) groups is 1. The van der Waals surface area contributed by atoms with Crippen LogP contribution in [0.1, 0.15) is 30.4 Å². The first-order valence-electron chi connectivity index (χ1n) is 10.8. The van der Waals surface area contributed by atoms with Gasteiger partial charge in [0.05, 0.1) is 25.1 Å². The Balaban J connectivity index is 1.59. The highest BCUT2D eigenvalue weighted by atomic mass is 79.9. The number of likely N-dealkylation sites (tertiary alicyclic amines) is 1. The van der Waals surface area contributed by atoms with Crippen molar-refractivity contribution in [3.8, 4) is 0 Å². The van der Waals surface area contributed by atoms with E-state index >= 15 is 0 Å². The molecule has 0 spiro atoms. The average Bonchev–Trinajstić information content (AvgIpc) is 3.26. The quantitative estimate of drug-likeness (QED) is 0.374. The summed E-state index contributed by atoms with van der Waals surface area (Å²) in [5.41, 5.74) is 6.93. The van der Waals surface area contributed by atoms with Gasteiger partial charge in [-0.05, 0) is 38.1 Å². The maximum Gasteiger partial charge on any atom is 0.354 e. The van der Waals surface area contributed by atoms with Crippen LogP contribution in [-0.4, -0.2) is 61.4 Å². The predicted octanol–water partition coefficient (Wildman–Crippen LogP) is 3.93. The Kier molecular flexibility index (Phi) is 7.44. The van der Waals surface area contributed by atoms with Crippen molar-refractivity contribution in [2.24, 2.45) is 15.1 Å². The summed E-state index contributed by atoms with van der Waals surface area (Å²) in [6.07, 6.45) is 2.93. The van der Waals surface area contributed by atoms with Crippen LogP contribution >= 0.6 is 15.9 Å². The van der Waals surface area contributed by atoms with Crippen molar-refractivity contribution >= 4 is 44.8 Å². The van der Waals surface area contributed by atoms with E-state index in [1.54, 1.807) is 0 Å². The molecule has 2 aliphatic rings. The van der Waals surface area contributed by atoms with Crippen molar-refractivity contribution < 1.29 is 9.53 Å². The molecule has 0 radical (unpaired) electrons. The molecule has 0 saturated carbocycles. The Morgan fingerprint density at radius 1 is 1.16 bits per heavy atom. The summed E-state index contributed by atoms with van der Waals surface area (Å²) in [6, 6.07) is 15.9. The first kappa shape index (κ1) is 22.4. The molecule has 1 N–H and O–H groups in total. The van der Waals surface area contributed by atoms with Crippen molar-refractivity contribution in [1.29, 1.82) is 0 Å². The lowest BCUT2D eigenvalue weighted by Crippen LogP contribution is -2.29. The molecule has 166 valence electrons. The zero-order chi connectivity index (χ0) is 22.3. The van der Waals surface area contributed by atoms with Crippen molar-refractivity contribution in [1.82, 2.24) is 10.3 Å². The van der Waals surface area contributed by atoms with Gasteiger partial charge in [0.2, 0.25) is 0 Å². The molecular formula is C24H26BrN5O2. The number of hydrazone groups is 1. The summed E-state index contributed by atoms with van der Waals surface area (Å²) < 4.78 is 5.86. The first-order chi connectivity index (χ1) is 15.7. The first-order valence-corrected chi connectivity index (χ1v) is 11.5. The van der Waals surface area contributed by atoms with E-state index in [9.17, 15) is 4.79 Å². The van der Waals surface area contributed by atoms with Crippen molar-refractivity contribution in [2.75, 3.05) is 33.3 Å². The molecule has 0 unspecified atom stereocenters. The highest BCUT2D eigenvalue weighted by Crippen LogP contribution is 2.31. The minimum Gasteiger partial charge on any atom is -0.464 e. The molecular weight excluding hydrogens is 470 g/mol. The number of fused-ring (bicyclic) bond motifs is 1. The molecule has 2 heterocycles. The van der Waals surface area contributed by atoms with Crippen LogP contribution in [0.25, 0.3) is 0 Å².